The van der Waals surface area contributed by atoms with E-state index in [1.165, 1.54) is 18.2 Å². The van der Waals surface area contributed by atoms with Gasteiger partial charge in [0.2, 0.25) is 11.8 Å². The molecule has 1 aromatic heterocycles. The van der Waals surface area contributed by atoms with Gasteiger partial charge < -0.3 is 9.73 Å². The van der Waals surface area contributed by atoms with Crippen LogP contribution in [0, 0.1) is 12.7 Å². The first-order valence-electron chi connectivity index (χ1n) is 6.70. The summed E-state index contributed by atoms with van der Waals surface area (Å²) in [7, 11) is 0. The highest BCUT2D eigenvalue weighted by Gasteiger charge is 2.16. The topological polar surface area (TPSA) is 68.0 Å². The summed E-state index contributed by atoms with van der Waals surface area (Å²) in [5.74, 6) is -0.541. The number of nitrogens with one attached hydrogen (secondary N) is 1. The van der Waals surface area contributed by atoms with Crippen LogP contribution in [-0.2, 0) is 0 Å². The Morgan fingerprint density at radius 2 is 2.00 bits per heavy atom. The second-order valence-corrected chi connectivity index (χ2v) is 5.17. The zero-order chi connectivity index (χ0) is 16.4. The molecule has 0 atom stereocenters. The van der Waals surface area contributed by atoms with E-state index in [-0.39, 0.29) is 10.6 Å². The lowest BCUT2D eigenvalue weighted by Gasteiger charge is -2.08. The fourth-order valence-corrected chi connectivity index (χ4v) is 2.30. The van der Waals surface area contributed by atoms with Gasteiger partial charge in [0, 0.05) is 18.2 Å². The van der Waals surface area contributed by atoms with Gasteiger partial charge in [0.1, 0.15) is 5.82 Å². The quantitative estimate of drug-likeness (QED) is 0.785. The van der Waals surface area contributed by atoms with Gasteiger partial charge in [-0.05, 0) is 30.3 Å². The molecule has 1 heterocycles. The van der Waals surface area contributed by atoms with Crippen molar-refractivity contribution in [1.82, 2.24) is 10.2 Å². The summed E-state index contributed by atoms with van der Waals surface area (Å²) in [6.07, 6.45) is 0. The van der Waals surface area contributed by atoms with Gasteiger partial charge >= 0.3 is 0 Å². The van der Waals surface area contributed by atoms with Crippen LogP contribution in [-0.4, -0.2) is 16.1 Å². The molecule has 0 fully saturated rings. The van der Waals surface area contributed by atoms with E-state index in [0.29, 0.717) is 23.0 Å². The number of aromatic nitrogens is 2. The minimum atomic E-state index is -0.682. The zero-order valence-corrected chi connectivity index (χ0v) is 12.8. The molecule has 0 saturated heterocycles. The molecular weight excluding hydrogens is 321 g/mol. The summed E-state index contributed by atoms with van der Waals surface area (Å²) in [6.45, 7) is 1.68. The average molecular weight is 332 g/mol. The second kappa shape index (κ2) is 6.18. The summed E-state index contributed by atoms with van der Waals surface area (Å²) in [5.41, 5.74) is 0.902. The smallest absolute Gasteiger partial charge is 0.260 e. The molecule has 0 saturated carbocycles. The molecule has 0 aliphatic carbocycles. The fourth-order valence-electron chi connectivity index (χ4n) is 2.05. The van der Waals surface area contributed by atoms with Gasteiger partial charge in [0.05, 0.1) is 10.6 Å². The lowest BCUT2D eigenvalue weighted by atomic mass is 10.1. The highest BCUT2D eigenvalue weighted by molar-refractivity contribution is 6.34. The third-order valence-corrected chi connectivity index (χ3v) is 3.40. The molecule has 5 nitrogen and oxygen atoms in total. The third-order valence-electron chi connectivity index (χ3n) is 3.08. The van der Waals surface area contributed by atoms with Crippen molar-refractivity contribution in [3.8, 4) is 11.5 Å². The summed E-state index contributed by atoms with van der Waals surface area (Å²) in [4.78, 5) is 12.2. The molecular formula is C16H11ClFN3O2. The minimum absolute atomic E-state index is 0.0474. The maximum atomic E-state index is 13.8. The summed E-state index contributed by atoms with van der Waals surface area (Å²) in [5, 5.41) is 10.3. The largest absolute Gasteiger partial charge is 0.421 e. The molecule has 0 aliphatic rings. The van der Waals surface area contributed by atoms with Crippen molar-refractivity contribution in [2.45, 2.75) is 6.92 Å². The molecule has 116 valence electrons. The Morgan fingerprint density at radius 1 is 1.22 bits per heavy atom. The number of amides is 1. The first-order valence-corrected chi connectivity index (χ1v) is 7.08. The van der Waals surface area contributed by atoms with Crippen LogP contribution < -0.4 is 5.32 Å². The Balaban J connectivity index is 1.87. The molecule has 0 radical (unpaired) electrons. The van der Waals surface area contributed by atoms with Gasteiger partial charge in [-0.15, -0.1) is 10.2 Å². The number of benzene rings is 2. The number of nitrogens with zero attached hydrogens (tertiary/aromatic N) is 2. The van der Waals surface area contributed by atoms with Crippen molar-refractivity contribution in [2.24, 2.45) is 0 Å². The molecule has 0 spiro atoms. The van der Waals surface area contributed by atoms with Crippen LogP contribution in [0.3, 0.4) is 0 Å². The molecule has 0 unspecified atom stereocenters. The predicted molar refractivity (Wildman–Crippen MR) is 83.8 cm³/mol. The number of rotatable bonds is 3. The Kier molecular flexibility index (Phi) is 4.08. The molecule has 7 heteroatoms. The van der Waals surface area contributed by atoms with Gasteiger partial charge in [-0.3, -0.25) is 4.79 Å². The van der Waals surface area contributed by atoms with Crippen LogP contribution in [0.1, 0.15) is 16.2 Å². The number of carbonyl (C=O) groups excluding carboxylic acids is 1. The van der Waals surface area contributed by atoms with E-state index >= 15 is 0 Å². The van der Waals surface area contributed by atoms with Crippen LogP contribution in [0.15, 0.2) is 46.9 Å². The van der Waals surface area contributed by atoms with Gasteiger partial charge in [0.25, 0.3) is 5.91 Å². The molecule has 2 aromatic carbocycles. The van der Waals surface area contributed by atoms with Gasteiger partial charge in [0.15, 0.2) is 0 Å². The van der Waals surface area contributed by atoms with Crippen molar-refractivity contribution in [1.29, 1.82) is 0 Å². The van der Waals surface area contributed by atoms with Crippen molar-refractivity contribution >= 4 is 23.2 Å². The van der Waals surface area contributed by atoms with E-state index in [2.05, 4.69) is 15.5 Å². The number of hydrogen-bond acceptors (Lipinski definition) is 4. The van der Waals surface area contributed by atoms with E-state index in [1.807, 2.05) is 0 Å². The number of halogens is 2. The van der Waals surface area contributed by atoms with Crippen molar-refractivity contribution in [3.05, 3.63) is 64.8 Å². The van der Waals surface area contributed by atoms with Crippen LogP contribution in [0.25, 0.3) is 11.5 Å². The van der Waals surface area contributed by atoms with Gasteiger partial charge in [-0.25, -0.2) is 4.39 Å². The Labute approximate surface area is 136 Å². The molecule has 3 aromatic rings. The normalized spacial score (nSPS) is 10.6. The first-order chi connectivity index (χ1) is 11.0. The van der Waals surface area contributed by atoms with Crippen molar-refractivity contribution in [2.75, 3.05) is 5.32 Å². The highest BCUT2D eigenvalue weighted by atomic mass is 35.5. The lowest BCUT2D eigenvalue weighted by molar-refractivity contribution is 0.102. The SMILES string of the molecule is Cc1nnc(-c2cccc(NC(=O)c3c(F)cccc3Cl)c2)o1. The number of carbonyl (C=O) groups is 1. The average Bonchev–Trinajstić information content (AvgIpc) is 2.94. The molecule has 0 aliphatic heterocycles. The van der Waals surface area contributed by atoms with Crippen LogP contribution in [0.4, 0.5) is 10.1 Å². The number of aryl methyl sites for hydroxylation is 1. The summed E-state index contributed by atoms with van der Waals surface area (Å²) < 4.78 is 19.1. The third kappa shape index (κ3) is 3.22. The Morgan fingerprint density at radius 3 is 2.70 bits per heavy atom. The van der Waals surface area contributed by atoms with E-state index in [4.69, 9.17) is 16.0 Å². The van der Waals surface area contributed by atoms with Crippen molar-refractivity contribution in [3.63, 3.8) is 0 Å². The van der Waals surface area contributed by atoms with E-state index in [9.17, 15) is 9.18 Å². The Hall–Kier alpha value is -2.73. The van der Waals surface area contributed by atoms with Gasteiger partial charge in [-0.1, -0.05) is 23.7 Å². The monoisotopic (exact) mass is 331 g/mol. The number of hydrogen-bond donors (Lipinski definition) is 1. The zero-order valence-electron chi connectivity index (χ0n) is 12.0. The first kappa shape index (κ1) is 15.2. The molecule has 1 amide bonds. The second-order valence-electron chi connectivity index (χ2n) is 4.76. The molecule has 1 N–H and O–H groups in total. The van der Waals surface area contributed by atoms with Crippen LogP contribution in [0.2, 0.25) is 5.02 Å². The van der Waals surface area contributed by atoms with Gasteiger partial charge in [-0.2, -0.15) is 0 Å². The molecule has 0 bridgehead atoms. The van der Waals surface area contributed by atoms with E-state index < -0.39 is 11.7 Å². The Bertz CT molecular complexity index is 859. The maximum Gasteiger partial charge on any atom is 0.260 e. The highest BCUT2D eigenvalue weighted by Crippen LogP contribution is 2.24. The number of anilines is 1. The maximum absolute atomic E-state index is 13.8. The van der Waals surface area contributed by atoms with Crippen LogP contribution >= 0.6 is 11.6 Å². The lowest BCUT2D eigenvalue weighted by Crippen LogP contribution is -2.14. The van der Waals surface area contributed by atoms with Crippen molar-refractivity contribution < 1.29 is 13.6 Å². The molecule has 23 heavy (non-hydrogen) atoms. The summed E-state index contributed by atoms with van der Waals surface area (Å²) in [6, 6.07) is 10.9. The van der Waals surface area contributed by atoms with E-state index in [0.717, 1.165) is 0 Å². The van der Waals surface area contributed by atoms with E-state index in [1.54, 1.807) is 31.2 Å². The predicted octanol–water partition coefficient (Wildman–Crippen LogP) is 4.09. The van der Waals surface area contributed by atoms with Crippen LogP contribution in [0.5, 0.6) is 0 Å². The standard InChI is InChI=1S/C16H11ClFN3O2/c1-9-20-21-16(23-9)10-4-2-5-11(8-10)19-15(22)14-12(17)6-3-7-13(14)18/h2-8H,1H3,(H,19,22). The summed E-state index contributed by atoms with van der Waals surface area (Å²) >= 11 is 5.89. The molecule has 3 rings (SSSR count). The minimum Gasteiger partial charge on any atom is -0.421 e. The fraction of sp³-hybridized carbons (Fsp3) is 0.0625.